The number of piperidine rings is 1. The maximum Gasteiger partial charge on any atom is 0.161 e. The van der Waals surface area contributed by atoms with Crippen LogP contribution in [0.3, 0.4) is 0 Å². The Morgan fingerprint density at radius 3 is 2.76 bits per heavy atom. The van der Waals surface area contributed by atoms with E-state index in [9.17, 15) is 4.79 Å². The number of rotatable bonds is 4. The van der Waals surface area contributed by atoms with Crippen molar-refractivity contribution in [1.82, 2.24) is 19.5 Å². The Kier molecular flexibility index (Phi) is 4.01. The van der Waals surface area contributed by atoms with Crippen LogP contribution in [0.5, 0.6) is 0 Å². The summed E-state index contributed by atoms with van der Waals surface area (Å²) in [5.41, 5.74) is 1.40. The van der Waals surface area contributed by atoms with Gasteiger partial charge in [-0.2, -0.15) is 0 Å². The zero-order valence-electron chi connectivity index (χ0n) is 12.7. The van der Waals surface area contributed by atoms with Crippen molar-refractivity contribution >= 4 is 11.9 Å². The second kappa shape index (κ2) is 5.93. The third-order valence-electron chi connectivity index (χ3n) is 4.49. The van der Waals surface area contributed by atoms with Gasteiger partial charge in [-0.15, -0.1) is 10.2 Å². The van der Waals surface area contributed by atoms with E-state index in [4.69, 9.17) is 0 Å². The number of pyridine rings is 1. The highest BCUT2D eigenvalue weighted by Gasteiger charge is 2.22. The van der Waals surface area contributed by atoms with E-state index in [0.29, 0.717) is 17.5 Å². The number of aromatic nitrogens is 3. The Hall–Kier alpha value is -1.75. The Bertz CT molecular complexity index is 626. The summed E-state index contributed by atoms with van der Waals surface area (Å²) in [4.78, 5) is 13.3. The van der Waals surface area contributed by atoms with Crippen LogP contribution in [0.2, 0.25) is 0 Å². The predicted molar refractivity (Wildman–Crippen MR) is 81.5 cm³/mol. The molecule has 0 N–H and O–H groups in total. The SMILES string of the molecule is CC(C)N1CCC(Cc2nnc3cc(C=O)ccn23)CC1. The standard InChI is InChI=1S/C16H22N4O/c1-12(2)19-6-3-13(4-7-19)9-15-17-18-16-10-14(11-21)5-8-20(15)16/h5,8,10-13H,3-4,6-7,9H2,1-2H3. The molecular formula is C16H22N4O. The number of hydrogen-bond donors (Lipinski definition) is 0. The van der Waals surface area contributed by atoms with E-state index in [2.05, 4.69) is 28.9 Å². The summed E-state index contributed by atoms with van der Waals surface area (Å²) >= 11 is 0. The quantitative estimate of drug-likeness (QED) is 0.809. The Balaban J connectivity index is 1.70. The van der Waals surface area contributed by atoms with Gasteiger partial charge in [0, 0.05) is 24.2 Å². The van der Waals surface area contributed by atoms with Crippen LogP contribution >= 0.6 is 0 Å². The van der Waals surface area contributed by atoms with Crippen LogP contribution in [0, 0.1) is 5.92 Å². The van der Waals surface area contributed by atoms with Crippen LogP contribution in [0.25, 0.3) is 5.65 Å². The molecule has 5 nitrogen and oxygen atoms in total. The molecule has 0 aromatic carbocycles. The second-order valence-corrected chi connectivity index (χ2v) is 6.20. The highest BCUT2D eigenvalue weighted by molar-refractivity contribution is 5.76. The molecule has 1 aliphatic rings. The molecule has 0 unspecified atom stereocenters. The first-order valence-corrected chi connectivity index (χ1v) is 7.70. The minimum absolute atomic E-state index is 0.640. The summed E-state index contributed by atoms with van der Waals surface area (Å²) in [6.07, 6.45) is 6.15. The first-order chi connectivity index (χ1) is 10.2. The van der Waals surface area contributed by atoms with Gasteiger partial charge in [0.15, 0.2) is 5.65 Å². The van der Waals surface area contributed by atoms with Crippen molar-refractivity contribution in [1.29, 1.82) is 0 Å². The number of hydrogen-bond acceptors (Lipinski definition) is 4. The molecule has 0 amide bonds. The normalized spacial score (nSPS) is 17.7. The monoisotopic (exact) mass is 286 g/mol. The molecule has 0 aliphatic carbocycles. The molecule has 112 valence electrons. The van der Waals surface area contributed by atoms with Gasteiger partial charge in [-0.25, -0.2) is 0 Å². The predicted octanol–water partition coefficient (Wildman–Crippen LogP) is 2.20. The summed E-state index contributed by atoms with van der Waals surface area (Å²) in [5, 5.41) is 8.48. The molecule has 1 aliphatic heterocycles. The van der Waals surface area contributed by atoms with Crippen molar-refractivity contribution in [3.05, 3.63) is 29.7 Å². The molecule has 0 bridgehead atoms. The van der Waals surface area contributed by atoms with Crippen LogP contribution in [-0.4, -0.2) is 44.9 Å². The summed E-state index contributed by atoms with van der Waals surface area (Å²) in [5.74, 6) is 1.68. The first-order valence-electron chi connectivity index (χ1n) is 7.70. The molecule has 3 rings (SSSR count). The average molecular weight is 286 g/mol. The van der Waals surface area contributed by atoms with E-state index in [-0.39, 0.29) is 0 Å². The lowest BCUT2D eigenvalue weighted by Gasteiger charge is -2.34. The molecule has 3 heterocycles. The number of nitrogens with zero attached hydrogens (tertiary/aromatic N) is 4. The molecule has 0 saturated carbocycles. The van der Waals surface area contributed by atoms with Crippen molar-refractivity contribution in [2.75, 3.05) is 13.1 Å². The van der Waals surface area contributed by atoms with Crippen LogP contribution in [-0.2, 0) is 6.42 Å². The molecule has 1 saturated heterocycles. The number of carbonyl (C=O) groups excluding carboxylic acids is 1. The van der Waals surface area contributed by atoms with Crippen molar-refractivity contribution in [2.24, 2.45) is 5.92 Å². The third-order valence-corrected chi connectivity index (χ3v) is 4.49. The third kappa shape index (κ3) is 2.97. The Morgan fingerprint density at radius 1 is 1.33 bits per heavy atom. The highest BCUT2D eigenvalue weighted by Crippen LogP contribution is 2.22. The molecule has 2 aromatic heterocycles. The Labute approximate surface area is 125 Å². The van der Waals surface area contributed by atoms with Gasteiger partial charge in [0.2, 0.25) is 0 Å². The molecule has 0 radical (unpaired) electrons. The van der Waals surface area contributed by atoms with Crippen LogP contribution in [0.15, 0.2) is 18.3 Å². The summed E-state index contributed by atoms with van der Waals surface area (Å²) in [6.45, 7) is 6.87. The number of aldehydes is 1. The maximum absolute atomic E-state index is 10.8. The van der Waals surface area contributed by atoms with Gasteiger partial charge in [-0.3, -0.25) is 9.20 Å². The van der Waals surface area contributed by atoms with Crippen molar-refractivity contribution in [3.63, 3.8) is 0 Å². The summed E-state index contributed by atoms with van der Waals surface area (Å²) < 4.78 is 2.00. The van der Waals surface area contributed by atoms with E-state index >= 15 is 0 Å². The fraction of sp³-hybridized carbons (Fsp3) is 0.562. The fourth-order valence-electron chi connectivity index (χ4n) is 3.10. The number of fused-ring (bicyclic) bond motifs is 1. The second-order valence-electron chi connectivity index (χ2n) is 6.20. The highest BCUT2D eigenvalue weighted by atomic mass is 16.1. The molecule has 5 heteroatoms. The van der Waals surface area contributed by atoms with Crippen molar-refractivity contribution < 1.29 is 4.79 Å². The summed E-state index contributed by atoms with van der Waals surface area (Å²) in [7, 11) is 0. The zero-order valence-corrected chi connectivity index (χ0v) is 12.7. The summed E-state index contributed by atoms with van der Waals surface area (Å²) in [6, 6.07) is 4.24. The van der Waals surface area contributed by atoms with Gasteiger partial charge < -0.3 is 4.90 Å². The van der Waals surface area contributed by atoms with Crippen molar-refractivity contribution in [2.45, 2.75) is 39.2 Å². The van der Waals surface area contributed by atoms with Crippen LogP contribution in [0.4, 0.5) is 0 Å². The van der Waals surface area contributed by atoms with E-state index in [0.717, 1.165) is 24.2 Å². The van der Waals surface area contributed by atoms with Crippen molar-refractivity contribution in [3.8, 4) is 0 Å². The smallest absolute Gasteiger partial charge is 0.161 e. The van der Waals surface area contributed by atoms with E-state index in [1.54, 1.807) is 6.07 Å². The first kappa shape index (κ1) is 14.2. The van der Waals surface area contributed by atoms with Gasteiger partial charge in [-0.1, -0.05) is 0 Å². The molecule has 21 heavy (non-hydrogen) atoms. The number of likely N-dealkylation sites (tertiary alicyclic amines) is 1. The molecule has 1 fully saturated rings. The average Bonchev–Trinajstić information content (AvgIpc) is 2.90. The molecule has 0 spiro atoms. The minimum Gasteiger partial charge on any atom is -0.301 e. The maximum atomic E-state index is 10.8. The molecule has 0 atom stereocenters. The van der Waals surface area contributed by atoms with Gasteiger partial charge in [0.25, 0.3) is 0 Å². The Morgan fingerprint density at radius 2 is 2.10 bits per heavy atom. The fourth-order valence-corrected chi connectivity index (χ4v) is 3.10. The minimum atomic E-state index is 0.640. The molecular weight excluding hydrogens is 264 g/mol. The van der Waals surface area contributed by atoms with Gasteiger partial charge in [0.1, 0.15) is 12.1 Å². The van der Waals surface area contributed by atoms with Gasteiger partial charge >= 0.3 is 0 Å². The lowest BCUT2D eigenvalue weighted by atomic mass is 9.92. The number of carbonyl (C=O) groups is 1. The van der Waals surface area contributed by atoms with Crippen LogP contribution in [0.1, 0.15) is 42.9 Å². The van der Waals surface area contributed by atoms with Gasteiger partial charge in [-0.05, 0) is 57.8 Å². The van der Waals surface area contributed by atoms with E-state index in [1.807, 2.05) is 16.7 Å². The van der Waals surface area contributed by atoms with E-state index < -0.39 is 0 Å². The topological polar surface area (TPSA) is 50.5 Å². The van der Waals surface area contributed by atoms with Crippen LogP contribution < -0.4 is 0 Å². The lowest BCUT2D eigenvalue weighted by molar-refractivity contribution is 0.112. The largest absolute Gasteiger partial charge is 0.301 e. The lowest BCUT2D eigenvalue weighted by Crippen LogP contribution is -2.38. The van der Waals surface area contributed by atoms with E-state index in [1.165, 1.54) is 25.9 Å². The zero-order chi connectivity index (χ0) is 14.8. The molecule has 2 aromatic rings. The van der Waals surface area contributed by atoms with Gasteiger partial charge in [0.05, 0.1) is 0 Å².